The highest BCUT2D eigenvalue weighted by Crippen LogP contribution is 2.31. The number of fused-ring (bicyclic) bond motifs is 1. The maximum Gasteiger partial charge on any atom is 0.262 e. The van der Waals surface area contributed by atoms with E-state index in [9.17, 15) is 4.79 Å². The van der Waals surface area contributed by atoms with Crippen LogP contribution in [0.25, 0.3) is 20.7 Å². The number of benzene rings is 1. The second kappa shape index (κ2) is 6.64. The summed E-state index contributed by atoms with van der Waals surface area (Å²) in [5, 5.41) is 1.42. The third kappa shape index (κ3) is 2.95. The molecule has 0 saturated carbocycles. The van der Waals surface area contributed by atoms with Crippen molar-refractivity contribution < 1.29 is 4.74 Å². The van der Waals surface area contributed by atoms with E-state index in [-0.39, 0.29) is 5.56 Å². The monoisotopic (exact) mass is 332 g/mol. The highest BCUT2D eigenvalue weighted by atomic mass is 32.2. The first-order chi connectivity index (χ1) is 10.7. The van der Waals surface area contributed by atoms with Gasteiger partial charge in [0, 0.05) is 24.8 Å². The van der Waals surface area contributed by atoms with Crippen LogP contribution in [-0.4, -0.2) is 29.0 Å². The minimum atomic E-state index is 0.00310. The largest absolute Gasteiger partial charge is 0.384 e. The number of aromatic nitrogens is 2. The van der Waals surface area contributed by atoms with E-state index in [0.29, 0.717) is 12.0 Å². The zero-order chi connectivity index (χ0) is 15.5. The Bertz CT molecular complexity index is 840. The normalized spacial score (nSPS) is 11.2. The molecule has 0 bridgehead atoms. The van der Waals surface area contributed by atoms with Gasteiger partial charge in [0.05, 0.1) is 12.0 Å². The van der Waals surface area contributed by atoms with Crippen LogP contribution in [0.3, 0.4) is 0 Å². The van der Waals surface area contributed by atoms with Crippen LogP contribution in [0, 0.1) is 0 Å². The van der Waals surface area contributed by atoms with Crippen LogP contribution in [0.4, 0.5) is 0 Å². The molecule has 0 unspecified atom stereocenters. The smallest absolute Gasteiger partial charge is 0.262 e. The van der Waals surface area contributed by atoms with Crippen LogP contribution >= 0.6 is 23.1 Å². The van der Waals surface area contributed by atoms with Gasteiger partial charge in [-0.25, -0.2) is 4.98 Å². The fraction of sp³-hybridized carbons (Fsp3) is 0.250. The molecule has 4 nitrogen and oxygen atoms in total. The number of hydrogen-bond donors (Lipinski definition) is 0. The maximum atomic E-state index is 12.5. The average Bonchev–Trinajstić information content (AvgIpc) is 2.97. The van der Waals surface area contributed by atoms with E-state index in [0.717, 1.165) is 26.2 Å². The molecule has 0 aliphatic carbocycles. The number of thioether (sulfide) groups is 1. The molecule has 0 atom stereocenters. The first-order valence-corrected chi connectivity index (χ1v) is 8.68. The molecule has 0 saturated heterocycles. The number of hydrogen-bond acceptors (Lipinski definition) is 5. The van der Waals surface area contributed by atoms with Crippen LogP contribution in [0.2, 0.25) is 0 Å². The number of ether oxygens (including phenoxy) is 1. The molecule has 22 heavy (non-hydrogen) atoms. The second-order valence-electron chi connectivity index (χ2n) is 4.80. The van der Waals surface area contributed by atoms with Crippen molar-refractivity contribution >= 4 is 33.3 Å². The topological polar surface area (TPSA) is 44.1 Å². The van der Waals surface area contributed by atoms with Crippen molar-refractivity contribution in [2.24, 2.45) is 7.05 Å². The Balaban J connectivity index is 2.05. The summed E-state index contributed by atoms with van der Waals surface area (Å²) < 4.78 is 6.66. The van der Waals surface area contributed by atoms with Crippen molar-refractivity contribution in [3.05, 3.63) is 46.8 Å². The molecular weight excluding hydrogens is 316 g/mol. The maximum absolute atomic E-state index is 12.5. The highest BCUT2D eigenvalue weighted by Gasteiger charge is 2.13. The predicted octanol–water partition coefficient (Wildman–Crippen LogP) is 3.40. The van der Waals surface area contributed by atoms with Crippen molar-refractivity contribution in [2.75, 3.05) is 19.5 Å². The summed E-state index contributed by atoms with van der Waals surface area (Å²) in [6, 6.07) is 12.0. The van der Waals surface area contributed by atoms with Crippen LogP contribution in [0.5, 0.6) is 0 Å². The third-order valence-corrected chi connectivity index (χ3v) is 5.38. The summed E-state index contributed by atoms with van der Waals surface area (Å²) >= 11 is 3.10. The summed E-state index contributed by atoms with van der Waals surface area (Å²) in [6.07, 6.45) is 0. The SMILES string of the molecule is COCCSc1nc2sc(-c3ccccc3)cc2c(=O)n1C. The molecule has 2 heterocycles. The molecule has 2 aromatic heterocycles. The molecule has 0 amide bonds. The van der Waals surface area contributed by atoms with E-state index in [1.54, 1.807) is 30.1 Å². The van der Waals surface area contributed by atoms with Gasteiger partial charge in [0.15, 0.2) is 5.16 Å². The van der Waals surface area contributed by atoms with Gasteiger partial charge in [-0.15, -0.1) is 11.3 Å². The quantitative estimate of drug-likeness (QED) is 0.408. The summed E-state index contributed by atoms with van der Waals surface area (Å²) in [6.45, 7) is 0.637. The second-order valence-corrected chi connectivity index (χ2v) is 6.89. The molecule has 1 aromatic carbocycles. The molecule has 0 radical (unpaired) electrons. The molecule has 0 aliphatic rings. The molecule has 0 aliphatic heterocycles. The number of methoxy groups -OCH3 is 1. The van der Waals surface area contributed by atoms with Crippen LogP contribution in [0.15, 0.2) is 46.3 Å². The molecule has 0 spiro atoms. The Kier molecular flexibility index (Phi) is 4.61. The minimum absolute atomic E-state index is 0.00310. The zero-order valence-corrected chi connectivity index (χ0v) is 14.0. The summed E-state index contributed by atoms with van der Waals surface area (Å²) in [5.41, 5.74) is 1.12. The molecule has 0 fully saturated rings. The van der Waals surface area contributed by atoms with Crippen LogP contribution in [0.1, 0.15) is 0 Å². The van der Waals surface area contributed by atoms with Gasteiger partial charge in [-0.2, -0.15) is 0 Å². The lowest BCUT2D eigenvalue weighted by atomic mass is 10.2. The molecule has 6 heteroatoms. The van der Waals surface area contributed by atoms with E-state index < -0.39 is 0 Å². The number of thiophene rings is 1. The zero-order valence-electron chi connectivity index (χ0n) is 12.4. The van der Waals surface area contributed by atoms with E-state index in [1.807, 2.05) is 36.4 Å². The van der Waals surface area contributed by atoms with Gasteiger partial charge in [-0.1, -0.05) is 42.1 Å². The fourth-order valence-corrected chi connectivity index (χ4v) is 4.09. The van der Waals surface area contributed by atoms with Gasteiger partial charge >= 0.3 is 0 Å². The van der Waals surface area contributed by atoms with Crippen LogP contribution < -0.4 is 5.56 Å². The van der Waals surface area contributed by atoms with Crippen molar-refractivity contribution in [1.82, 2.24) is 9.55 Å². The molecule has 3 aromatic rings. The molecule has 3 rings (SSSR count). The highest BCUT2D eigenvalue weighted by molar-refractivity contribution is 7.99. The van der Waals surface area contributed by atoms with Gasteiger partial charge in [0.1, 0.15) is 4.83 Å². The minimum Gasteiger partial charge on any atom is -0.384 e. The lowest BCUT2D eigenvalue weighted by Crippen LogP contribution is -2.19. The Labute approximate surface area is 136 Å². The van der Waals surface area contributed by atoms with Crippen LogP contribution in [-0.2, 0) is 11.8 Å². The van der Waals surface area contributed by atoms with Crippen molar-refractivity contribution in [2.45, 2.75) is 5.16 Å². The first kappa shape index (κ1) is 15.3. The van der Waals surface area contributed by atoms with Gasteiger partial charge in [-0.05, 0) is 11.6 Å². The summed E-state index contributed by atoms with van der Waals surface area (Å²) in [4.78, 5) is 19.0. The lowest BCUT2D eigenvalue weighted by molar-refractivity contribution is 0.218. The lowest BCUT2D eigenvalue weighted by Gasteiger charge is -2.06. The van der Waals surface area contributed by atoms with Crippen molar-refractivity contribution in [3.63, 3.8) is 0 Å². The van der Waals surface area contributed by atoms with Gasteiger partial charge in [-0.3, -0.25) is 9.36 Å². The van der Waals surface area contributed by atoms with Crippen molar-refractivity contribution in [3.8, 4) is 10.4 Å². The van der Waals surface area contributed by atoms with Gasteiger partial charge in [0.25, 0.3) is 5.56 Å². The van der Waals surface area contributed by atoms with Crippen molar-refractivity contribution in [1.29, 1.82) is 0 Å². The standard InChI is InChI=1S/C16H16N2O2S2/c1-18-15(19)12-10-13(11-6-4-3-5-7-11)22-14(12)17-16(18)21-9-8-20-2/h3-7,10H,8-9H2,1-2H3. The van der Waals surface area contributed by atoms with E-state index in [4.69, 9.17) is 4.74 Å². The Morgan fingerprint density at radius 2 is 2.09 bits per heavy atom. The predicted molar refractivity (Wildman–Crippen MR) is 92.9 cm³/mol. The Morgan fingerprint density at radius 1 is 1.32 bits per heavy atom. The van der Waals surface area contributed by atoms with E-state index in [2.05, 4.69) is 4.98 Å². The number of nitrogens with zero attached hydrogens (tertiary/aromatic N) is 2. The van der Waals surface area contributed by atoms with E-state index in [1.165, 1.54) is 11.8 Å². The summed E-state index contributed by atoms with van der Waals surface area (Å²) in [5.74, 6) is 0.777. The number of rotatable bonds is 5. The molecule has 114 valence electrons. The van der Waals surface area contributed by atoms with Gasteiger partial charge < -0.3 is 4.74 Å². The average molecular weight is 332 g/mol. The molecular formula is C16H16N2O2S2. The van der Waals surface area contributed by atoms with Gasteiger partial charge in [0.2, 0.25) is 0 Å². The fourth-order valence-electron chi connectivity index (χ4n) is 2.14. The first-order valence-electron chi connectivity index (χ1n) is 6.88. The summed E-state index contributed by atoms with van der Waals surface area (Å²) in [7, 11) is 3.44. The van der Waals surface area contributed by atoms with E-state index >= 15 is 0 Å². The third-order valence-electron chi connectivity index (χ3n) is 3.31. The molecule has 0 N–H and O–H groups in total. The Hall–Kier alpha value is -1.63. The Morgan fingerprint density at radius 3 is 2.82 bits per heavy atom.